The van der Waals surface area contributed by atoms with Crippen molar-refractivity contribution in [3.8, 4) is 0 Å². The molecule has 0 bridgehead atoms. The maximum atomic E-state index is 12.7. The van der Waals surface area contributed by atoms with Gasteiger partial charge in [-0.05, 0) is 29.7 Å². The van der Waals surface area contributed by atoms with Crippen LogP contribution in [0.25, 0.3) is 0 Å². The van der Waals surface area contributed by atoms with Crippen LogP contribution in [0.2, 0.25) is 0 Å². The molecule has 2 heterocycles. The lowest BCUT2D eigenvalue weighted by Gasteiger charge is -2.21. The third kappa shape index (κ3) is 1.70. The van der Waals surface area contributed by atoms with Crippen LogP contribution in [0.4, 0.5) is 11.4 Å². The molecule has 0 aliphatic carbocycles. The van der Waals surface area contributed by atoms with E-state index < -0.39 is 0 Å². The van der Waals surface area contributed by atoms with Crippen LogP contribution in [0.5, 0.6) is 0 Å². The zero-order chi connectivity index (χ0) is 13.5. The molecule has 1 amide bonds. The van der Waals surface area contributed by atoms with E-state index in [9.17, 15) is 4.79 Å². The summed E-state index contributed by atoms with van der Waals surface area (Å²) in [6.07, 6.45) is 1.75. The molecule has 2 aliphatic rings. The van der Waals surface area contributed by atoms with Gasteiger partial charge in [-0.15, -0.1) is 0 Å². The van der Waals surface area contributed by atoms with Crippen molar-refractivity contribution in [2.24, 2.45) is 0 Å². The van der Waals surface area contributed by atoms with Crippen molar-refractivity contribution >= 4 is 17.3 Å². The molecule has 0 aromatic heterocycles. The quantitative estimate of drug-likeness (QED) is 0.858. The summed E-state index contributed by atoms with van der Waals surface area (Å²) in [4.78, 5) is 14.7. The fourth-order valence-electron chi connectivity index (χ4n) is 3.20. The average molecular weight is 264 g/mol. The van der Waals surface area contributed by atoms with Gasteiger partial charge in [0.05, 0.1) is 0 Å². The zero-order valence-corrected chi connectivity index (χ0v) is 11.2. The van der Waals surface area contributed by atoms with E-state index in [1.165, 1.54) is 11.1 Å². The maximum absolute atomic E-state index is 12.7. The van der Waals surface area contributed by atoms with E-state index in [0.717, 1.165) is 30.8 Å². The molecule has 4 rings (SSSR count). The Morgan fingerprint density at radius 3 is 2.65 bits per heavy atom. The monoisotopic (exact) mass is 264 g/mol. The minimum Gasteiger partial charge on any atom is -0.373 e. The molecule has 2 aromatic carbocycles. The molecule has 100 valence electrons. The maximum Gasteiger partial charge on any atom is 0.249 e. The van der Waals surface area contributed by atoms with E-state index in [2.05, 4.69) is 17.4 Å². The van der Waals surface area contributed by atoms with Gasteiger partial charge in [-0.25, -0.2) is 0 Å². The number of hydrogen-bond acceptors (Lipinski definition) is 2. The standard InChI is InChI=1S/C17H16N2O/c20-17(15-11-13-6-1-3-7-14(13)18-15)19-10-9-12-5-2-4-8-16(12)19/h1-8,15,18H,9-11H2. The van der Waals surface area contributed by atoms with Crippen LogP contribution in [-0.2, 0) is 17.6 Å². The lowest BCUT2D eigenvalue weighted by molar-refractivity contribution is -0.119. The third-order valence-electron chi connectivity index (χ3n) is 4.22. The van der Waals surface area contributed by atoms with Crippen LogP contribution in [0.1, 0.15) is 11.1 Å². The molecule has 0 spiro atoms. The van der Waals surface area contributed by atoms with Gasteiger partial charge in [0.1, 0.15) is 6.04 Å². The Morgan fingerprint density at radius 2 is 1.80 bits per heavy atom. The number of amides is 1. The van der Waals surface area contributed by atoms with Gasteiger partial charge < -0.3 is 10.2 Å². The van der Waals surface area contributed by atoms with Crippen molar-refractivity contribution < 1.29 is 4.79 Å². The van der Waals surface area contributed by atoms with E-state index in [-0.39, 0.29) is 11.9 Å². The highest BCUT2D eigenvalue weighted by Gasteiger charge is 2.33. The Balaban J connectivity index is 1.59. The van der Waals surface area contributed by atoms with Crippen LogP contribution in [0.3, 0.4) is 0 Å². The molecule has 3 heteroatoms. The van der Waals surface area contributed by atoms with Crippen molar-refractivity contribution in [1.29, 1.82) is 0 Å². The molecular formula is C17H16N2O. The summed E-state index contributed by atoms with van der Waals surface area (Å²) in [5.41, 5.74) is 4.68. The van der Waals surface area contributed by atoms with Gasteiger partial charge in [-0.1, -0.05) is 36.4 Å². The number of nitrogens with zero attached hydrogens (tertiary/aromatic N) is 1. The largest absolute Gasteiger partial charge is 0.373 e. The van der Waals surface area contributed by atoms with Crippen molar-refractivity contribution in [1.82, 2.24) is 0 Å². The number of carbonyl (C=O) groups is 1. The van der Waals surface area contributed by atoms with Gasteiger partial charge in [0.25, 0.3) is 0 Å². The van der Waals surface area contributed by atoms with Gasteiger partial charge in [0.15, 0.2) is 0 Å². The summed E-state index contributed by atoms with van der Waals surface area (Å²) in [5.74, 6) is 0.186. The fraction of sp³-hybridized carbons (Fsp3) is 0.235. The van der Waals surface area contributed by atoms with Gasteiger partial charge in [-0.2, -0.15) is 0 Å². The van der Waals surface area contributed by atoms with E-state index in [4.69, 9.17) is 0 Å². The second-order valence-corrected chi connectivity index (χ2v) is 5.43. The third-order valence-corrected chi connectivity index (χ3v) is 4.22. The first-order valence-corrected chi connectivity index (χ1v) is 7.06. The van der Waals surface area contributed by atoms with Gasteiger partial charge >= 0.3 is 0 Å². The molecule has 2 aliphatic heterocycles. The summed E-state index contributed by atoms with van der Waals surface area (Å²) in [6.45, 7) is 0.798. The van der Waals surface area contributed by atoms with Crippen LogP contribution in [-0.4, -0.2) is 18.5 Å². The number of anilines is 2. The Kier molecular flexibility index (Phi) is 2.52. The fourth-order valence-corrected chi connectivity index (χ4v) is 3.20. The van der Waals surface area contributed by atoms with Crippen molar-refractivity contribution in [2.45, 2.75) is 18.9 Å². The molecule has 1 atom stereocenters. The molecule has 0 saturated carbocycles. The molecule has 1 unspecified atom stereocenters. The van der Waals surface area contributed by atoms with Gasteiger partial charge in [0, 0.05) is 24.3 Å². The second-order valence-electron chi connectivity index (χ2n) is 5.43. The predicted octanol–water partition coefficient (Wildman–Crippen LogP) is 2.61. The summed E-state index contributed by atoms with van der Waals surface area (Å²) in [5, 5.41) is 3.35. The topological polar surface area (TPSA) is 32.3 Å². The number of rotatable bonds is 1. The number of fused-ring (bicyclic) bond motifs is 2. The first-order valence-electron chi connectivity index (χ1n) is 7.06. The number of benzene rings is 2. The molecular weight excluding hydrogens is 248 g/mol. The van der Waals surface area contributed by atoms with Crippen LogP contribution in [0, 0.1) is 0 Å². The van der Waals surface area contributed by atoms with Gasteiger partial charge in [-0.3, -0.25) is 4.79 Å². The van der Waals surface area contributed by atoms with Crippen LogP contribution in [0.15, 0.2) is 48.5 Å². The number of carbonyl (C=O) groups excluding carboxylic acids is 1. The van der Waals surface area contributed by atoms with E-state index in [1.54, 1.807) is 0 Å². The van der Waals surface area contributed by atoms with E-state index in [1.807, 2.05) is 41.3 Å². The number of nitrogens with one attached hydrogen (secondary N) is 1. The van der Waals surface area contributed by atoms with Crippen molar-refractivity contribution in [2.75, 3.05) is 16.8 Å². The molecule has 0 fully saturated rings. The minimum atomic E-state index is -0.126. The lowest BCUT2D eigenvalue weighted by atomic mass is 10.1. The average Bonchev–Trinajstić information content (AvgIpc) is 3.10. The smallest absolute Gasteiger partial charge is 0.249 e. The number of para-hydroxylation sites is 2. The van der Waals surface area contributed by atoms with Crippen LogP contribution < -0.4 is 10.2 Å². The highest BCUT2D eigenvalue weighted by molar-refractivity contribution is 6.01. The lowest BCUT2D eigenvalue weighted by Crippen LogP contribution is -2.41. The first-order chi connectivity index (χ1) is 9.83. The zero-order valence-electron chi connectivity index (χ0n) is 11.2. The first kappa shape index (κ1) is 11.5. The number of hydrogen-bond donors (Lipinski definition) is 1. The molecule has 20 heavy (non-hydrogen) atoms. The highest BCUT2D eigenvalue weighted by Crippen LogP contribution is 2.31. The second kappa shape index (κ2) is 4.37. The Morgan fingerprint density at radius 1 is 1.05 bits per heavy atom. The highest BCUT2D eigenvalue weighted by atomic mass is 16.2. The molecule has 2 aromatic rings. The minimum absolute atomic E-state index is 0.126. The summed E-state index contributed by atoms with van der Waals surface area (Å²) in [7, 11) is 0. The molecule has 0 saturated heterocycles. The normalized spacial score (nSPS) is 19.4. The summed E-state index contributed by atoms with van der Waals surface area (Å²) in [6, 6.07) is 16.2. The van der Waals surface area contributed by atoms with Crippen molar-refractivity contribution in [3.05, 3.63) is 59.7 Å². The van der Waals surface area contributed by atoms with Gasteiger partial charge in [0.2, 0.25) is 5.91 Å². The van der Waals surface area contributed by atoms with Crippen molar-refractivity contribution in [3.63, 3.8) is 0 Å². The molecule has 3 nitrogen and oxygen atoms in total. The van der Waals surface area contributed by atoms with Crippen LogP contribution >= 0.6 is 0 Å². The SMILES string of the molecule is O=C(C1Cc2ccccc2N1)N1CCc2ccccc21. The Hall–Kier alpha value is -2.29. The van der Waals surface area contributed by atoms with E-state index in [0.29, 0.717) is 0 Å². The summed E-state index contributed by atoms with van der Waals surface area (Å²) >= 11 is 0. The Labute approximate surface area is 118 Å². The van der Waals surface area contributed by atoms with E-state index >= 15 is 0 Å². The Bertz CT molecular complexity index is 655. The molecule has 1 N–H and O–H groups in total. The summed E-state index contributed by atoms with van der Waals surface area (Å²) < 4.78 is 0. The predicted molar refractivity (Wildman–Crippen MR) is 80.1 cm³/mol. The molecule has 0 radical (unpaired) electrons.